The van der Waals surface area contributed by atoms with Gasteiger partial charge in [0.2, 0.25) is 17.5 Å². The van der Waals surface area contributed by atoms with Gasteiger partial charge in [0, 0.05) is 17.7 Å². The standard InChI is InChI=1S/C28H32O15/c1-10-18(32)20(34)22(36)27(39-10)42-25-16(9-29)41-28(23(37)21(25)35)43-26-19(33)17-14(31)7-12(30)8-15(17)40-24(26)11-3-5-13(38-2)6-4-11/h3-8,10,16,18,20-23,25,27-32,34-37H,9H2,1-2H3/t10-,16+,18-,20+,21+,22+,23+,25+,27-,28-/m1/s1. The first-order chi connectivity index (χ1) is 20.4. The van der Waals surface area contributed by atoms with Crippen molar-refractivity contribution in [2.75, 3.05) is 13.7 Å². The quantitative estimate of drug-likeness (QED) is 0.159. The molecule has 2 aromatic carbocycles. The van der Waals surface area contributed by atoms with E-state index in [-0.39, 0.29) is 22.5 Å². The summed E-state index contributed by atoms with van der Waals surface area (Å²) in [6, 6.07) is 8.25. The van der Waals surface area contributed by atoms with Gasteiger partial charge in [-0.25, -0.2) is 0 Å². The van der Waals surface area contributed by atoms with Crippen LogP contribution in [0.5, 0.6) is 23.0 Å². The number of methoxy groups -OCH3 is 1. The van der Waals surface area contributed by atoms with E-state index in [0.717, 1.165) is 12.1 Å². The molecule has 43 heavy (non-hydrogen) atoms. The van der Waals surface area contributed by atoms with Gasteiger partial charge in [-0.05, 0) is 31.2 Å². The van der Waals surface area contributed by atoms with Gasteiger partial charge in [0.05, 0.1) is 19.8 Å². The van der Waals surface area contributed by atoms with Crippen LogP contribution in [0.25, 0.3) is 22.3 Å². The molecule has 0 radical (unpaired) electrons. The summed E-state index contributed by atoms with van der Waals surface area (Å²) < 4.78 is 33.5. The first-order valence-corrected chi connectivity index (χ1v) is 13.3. The van der Waals surface area contributed by atoms with E-state index >= 15 is 0 Å². The lowest BCUT2D eigenvalue weighted by molar-refractivity contribution is -0.349. The third kappa shape index (κ3) is 5.74. The Hall–Kier alpha value is -3.51. The van der Waals surface area contributed by atoms with Crippen molar-refractivity contribution in [3.63, 3.8) is 0 Å². The average Bonchev–Trinajstić information content (AvgIpc) is 2.98. The van der Waals surface area contributed by atoms with Crippen molar-refractivity contribution in [3.05, 3.63) is 46.6 Å². The Labute approximate surface area is 243 Å². The van der Waals surface area contributed by atoms with Crippen LogP contribution in [0.4, 0.5) is 0 Å². The van der Waals surface area contributed by atoms with E-state index in [9.17, 15) is 45.6 Å². The van der Waals surface area contributed by atoms with E-state index in [4.69, 9.17) is 28.1 Å². The first-order valence-electron chi connectivity index (χ1n) is 13.3. The number of aromatic hydroxyl groups is 2. The largest absolute Gasteiger partial charge is 0.508 e. The molecule has 234 valence electrons. The average molecular weight is 609 g/mol. The molecule has 2 aliphatic heterocycles. The molecule has 0 saturated carbocycles. The molecule has 8 N–H and O–H groups in total. The zero-order valence-electron chi connectivity index (χ0n) is 22.9. The van der Waals surface area contributed by atoms with Crippen LogP contribution in [0.15, 0.2) is 45.6 Å². The number of hydrogen-bond donors (Lipinski definition) is 8. The van der Waals surface area contributed by atoms with Crippen molar-refractivity contribution in [3.8, 4) is 34.3 Å². The maximum Gasteiger partial charge on any atom is 0.239 e. The van der Waals surface area contributed by atoms with E-state index in [1.54, 1.807) is 12.1 Å². The second-order valence-electron chi connectivity index (χ2n) is 10.3. The zero-order chi connectivity index (χ0) is 31.2. The van der Waals surface area contributed by atoms with Crippen LogP contribution in [-0.2, 0) is 14.2 Å². The number of rotatable bonds is 7. The molecule has 2 fully saturated rings. The number of fused-ring (bicyclic) bond motifs is 1. The van der Waals surface area contributed by atoms with Crippen LogP contribution in [0.3, 0.4) is 0 Å². The van der Waals surface area contributed by atoms with E-state index in [2.05, 4.69) is 0 Å². The van der Waals surface area contributed by atoms with Gasteiger partial charge in [0.15, 0.2) is 12.1 Å². The van der Waals surface area contributed by atoms with Crippen LogP contribution >= 0.6 is 0 Å². The molecule has 0 bridgehead atoms. The fraction of sp³-hybridized carbons (Fsp3) is 0.464. The lowest BCUT2D eigenvalue weighted by atomic mass is 9.97. The number of phenolic OH excluding ortho intramolecular Hbond substituents is 2. The lowest BCUT2D eigenvalue weighted by Crippen LogP contribution is -2.64. The molecule has 3 aromatic rings. The Morgan fingerprint density at radius 1 is 0.860 bits per heavy atom. The predicted octanol–water partition coefficient (Wildman–Crippen LogP) is -1.09. The fourth-order valence-corrected chi connectivity index (χ4v) is 5.02. The van der Waals surface area contributed by atoms with Crippen LogP contribution < -0.4 is 14.9 Å². The first kappa shape index (κ1) is 30.9. The molecule has 0 unspecified atom stereocenters. The van der Waals surface area contributed by atoms with Gasteiger partial charge in [-0.3, -0.25) is 4.79 Å². The topological polar surface area (TPSA) is 238 Å². The van der Waals surface area contributed by atoms with Gasteiger partial charge in [0.1, 0.15) is 70.9 Å². The Morgan fingerprint density at radius 2 is 1.53 bits per heavy atom. The summed E-state index contributed by atoms with van der Waals surface area (Å²) in [5.41, 5.74) is -0.796. The normalized spacial score (nSPS) is 32.9. The molecule has 0 amide bonds. The van der Waals surface area contributed by atoms with Gasteiger partial charge in [-0.2, -0.15) is 0 Å². The predicted molar refractivity (Wildman–Crippen MR) is 143 cm³/mol. The molecule has 1 aromatic heterocycles. The monoisotopic (exact) mass is 608 g/mol. The van der Waals surface area contributed by atoms with Gasteiger partial charge in [0.25, 0.3) is 0 Å². The highest BCUT2D eigenvalue weighted by Gasteiger charge is 2.51. The zero-order valence-corrected chi connectivity index (χ0v) is 22.9. The minimum atomic E-state index is -1.92. The Balaban J connectivity index is 1.49. The van der Waals surface area contributed by atoms with E-state index in [1.807, 2.05) is 0 Å². The lowest BCUT2D eigenvalue weighted by Gasteiger charge is -2.45. The van der Waals surface area contributed by atoms with Crippen molar-refractivity contribution in [1.29, 1.82) is 0 Å². The van der Waals surface area contributed by atoms with Gasteiger partial charge in [-0.1, -0.05) is 0 Å². The summed E-state index contributed by atoms with van der Waals surface area (Å²) in [4.78, 5) is 13.6. The smallest absolute Gasteiger partial charge is 0.239 e. The number of aliphatic hydroxyl groups is 6. The minimum absolute atomic E-state index is 0.180. The molecule has 2 saturated heterocycles. The number of phenols is 2. The maximum absolute atomic E-state index is 13.6. The number of hydrogen-bond acceptors (Lipinski definition) is 15. The van der Waals surface area contributed by atoms with Gasteiger partial charge >= 0.3 is 0 Å². The summed E-state index contributed by atoms with van der Waals surface area (Å²) in [5, 5.41) is 82.3. The summed E-state index contributed by atoms with van der Waals surface area (Å²) in [5.74, 6) is -1.23. The third-order valence-corrected chi connectivity index (χ3v) is 7.42. The molecule has 15 heteroatoms. The molecule has 2 aliphatic rings. The Morgan fingerprint density at radius 3 is 2.19 bits per heavy atom. The summed E-state index contributed by atoms with van der Waals surface area (Å²) in [6.45, 7) is 0.621. The number of benzene rings is 2. The SMILES string of the molecule is COc1ccc(-c2oc3cc(O)cc(O)c3c(=O)c2O[C@H]2O[C@@H](CO)[C@H](O[C@H]3O[C@H](C)[C@@H](O)[C@H](O)[C@@H]3O)[C@@H](O)[C@@H]2O)cc1. The second kappa shape index (κ2) is 12.2. The molecular weight excluding hydrogens is 576 g/mol. The van der Waals surface area contributed by atoms with Crippen LogP contribution in [-0.4, -0.2) is 116 Å². The summed E-state index contributed by atoms with van der Waals surface area (Å²) >= 11 is 0. The second-order valence-corrected chi connectivity index (χ2v) is 10.3. The highest BCUT2D eigenvalue weighted by atomic mass is 16.7. The molecule has 0 spiro atoms. The third-order valence-electron chi connectivity index (χ3n) is 7.42. The Bertz CT molecular complexity index is 1490. The maximum atomic E-state index is 13.6. The van der Waals surface area contributed by atoms with Crippen LogP contribution in [0, 0.1) is 0 Å². The highest BCUT2D eigenvalue weighted by Crippen LogP contribution is 2.38. The molecule has 10 atom stereocenters. The van der Waals surface area contributed by atoms with Crippen molar-refractivity contribution < 1.29 is 69.0 Å². The molecule has 15 nitrogen and oxygen atoms in total. The Kier molecular flexibility index (Phi) is 8.80. The molecule has 0 aliphatic carbocycles. The van der Waals surface area contributed by atoms with Crippen molar-refractivity contribution >= 4 is 11.0 Å². The van der Waals surface area contributed by atoms with Crippen molar-refractivity contribution in [2.24, 2.45) is 0 Å². The fourth-order valence-electron chi connectivity index (χ4n) is 5.02. The van der Waals surface area contributed by atoms with Crippen LogP contribution in [0.1, 0.15) is 6.92 Å². The van der Waals surface area contributed by atoms with E-state index < -0.39 is 84.9 Å². The molecule has 5 rings (SSSR count). The highest BCUT2D eigenvalue weighted by molar-refractivity contribution is 5.88. The van der Waals surface area contributed by atoms with Crippen LogP contribution in [0.2, 0.25) is 0 Å². The summed E-state index contributed by atoms with van der Waals surface area (Å²) in [6.07, 6.45) is -15.9. The summed E-state index contributed by atoms with van der Waals surface area (Å²) in [7, 11) is 1.46. The van der Waals surface area contributed by atoms with Crippen molar-refractivity contribution in [1.82, 2.24) is 0 Å². The molecular formula is C28H32O15. The molecule has 3 heterocycles. The van der Waals surface area contributed by atoms with Gasteiger partial charge < -0.3 is 69.0 Å². The minimum Gasteiger partial charge on any atom is -0.508 e. The van der Waals surface area contributed by atoms with Gasteiger partial charge in [-0.15, -0.1) is 0 Å². The number of ether oxygens (including phenoxy) is 5. The van der Waals surface area contributed by atoms with E-state index in [1.165, 1.54) is 26.2 Å². The van der Waals surface area contributed by atoms with Crippen molar-refractivity contribution in [2.45, 2.75) is 68.3 Å². The van der Waals surface area contributed by atoms with E-state index in [0.29, 0.717) is 11.3 Å². The number of aliphatic hydroxyl groups excluding tert-OH is 6.